The standard InChI is InChI=1S/C23H33FN4/c1-6-27-17(3)21(16(2)25-27)15-26-11-10-22-18(14-26)13-23(4,5)28(22)20-9-7-8-19(24)12-20/h7-9,12,18,22H,6,10-11,13-15H2,1-5H3/t18-,22+/m1/s1. The average molecular weight is 385 g/mol. The molecule has 5 heteroatoms. The maximum atomic E-state index is 13.9. The number of aryl methyl sites for hydroxylation is 2. The lowest BCUT2D eigenvalue weighted by Gasteiger charge is -2.42. The number of fused-ring (bicyclic) bond motifs is 1. The topological polar surface area (TPSA) is 24.3 Å². The van der Waals surface area contributed by atoms with Gasteiger partial charge in [0.05, 0.1) is 5.69 Å². The van der Waals surface area contributed by atoms with Crippen LogP contribution in [0.4, 0.5) is 10.1 Å². The molecule has 0 saturated carbocycles. The third kappa shape index (κ3) is 3.34. The van der Waals surface area contributed by atoms with Crippen LogP contribution >= 0.6 is 0 Å². The first-order chi connectivity index (χ1) is 13.3. The van der Waals surface area contributed by atoms with Gasteiger partial charge in [-0.15, -0.1) is 0 Å². The number of benzene rings is 1. The summed E-state index contributed by atoms with van der Waals surface area (Å²) in [5.41, 5.74) is 4.93. The summed E-state index contributed by atoms with van der Waals surface area (Å²) in [6.07, 6.45) is 2.28. The van der Waals surface area contributed by atoms with E-state index in [1.807, 2.05) is 6.07 Å². The van der Waals surface area contributed by atoms with Gasteiger partial charge in [0.2, 0.25) is 0 Å². The van der Waals surface area contributed by atoms with Gasteiger partial charge in [-0.1, -0.05) is 6.07 Å². The zero-order chi connectivity index (χ0) is 20.1. The highest BCUT2D eigenvalue weighted by Gasteiger charge is 2.48. The molecule has 4 nitrogen and oxygen atoms in total. The number of hydrogen-bond acceptors (Lipinski definition) is 3. The smallest absolute Gasteiger partial charge is 0.125 e. The van der Waals surface area contributed by atoms with Crippen LogP contribution < -0.4 is 4.90 Å². The number of halogens is 1. The van der Waals surface area contributed by atoms with E-state index in [1.54, 1.807) is 6.07 Å². The maximum Gasteiger partial charge on any atom is 0.125 e. The number of likely N-dealkylation sites (tertiary alicyclic amines) is 1. The van der Waals surface area contributed by atoms with Crippen LogP contribution in [0, 0.1) is 25.6 Å². The molecule has 0 bridgehead atoms. The van der Waals surface area contributed by atoms with Crippen LogP contribution in [-0.2, 0) is 13.1 Å². The molecule has 2 aliphatic rings. The maximum absolute atomic E-state index is 13.9. The molecule has 152 valence electrons. The van der Waals surface area contributed by atoms with Gasteiger partial charge in [-0.3, -0.25) is 9.58 Å². The Balaban J connectivity index is 1.52. The van der Waals surface area contributed by atoms with Crippen LogP contribution in [0.15, 0.2) is 24.3 Å². The number of anilines is 1. The summed E-state index contributed by atoms with van der Waals surface area (Å²) in [5.74, 6) is 0.474. The van der Waals surface area contributed by atoms with Crippen LogP contribution in [0.1, 0.15) is 50.6 Å². The molecule has 2 aliphatic heterocycles. The van der Waals surface area contributed by atoms with Crippen molar-refractivity contribution in [3.05, 3.63) is 47.0 Å². The van der Waals surface area contributed by atoms with Gasteiger partial charge in [-0.05, 0) is 71.6 Å². The van der Waals surface area contributed by atoms with E-state index >= 15 is 0 Å². The predicted octanol–water partition coefficient (Wildman–Crippen LogP) is 4.54. The molecule has 0 N–H and O–H groups in total. The fourth-order valence-electron chi connectivity index (χ4n) is 5.63. The fourth-order valence-corrected chi connectivity index (χ4v) is 5.63. The summed E-state index contributed by atoms with van der Waals surface area (Å²) >= 11 is 0. The van der Waals surface area contributed by atoms with Gasteiger partial charge in [0, 0.05) is 54.7 Å². The van der Waals surface area contributed by atoms with E-state index in [0.717, 1.165) is 50.4 Å². The second-order valence-electron chi connectivity index (χ2n) is 9.18. The van der Waals surface area contributed by atoms with Gasteiger partial charge in [0.15, 0.2) is 0 Å². The van der Waals surface area contributed by atoms with E-state index in [0.29, 0.717) is 12.0 Å². The van der Waals surface area contributed by atoms with Gasteiger partial charge in [0.25, 0.3) is 0 Å². The van der Waals surface area contributed by atoms with Crippen molar-refractivity contribution in [3.8, 4) is 0 Å². The Morgan fingerprint density at radius 3 is 2.71 bits per heavy atom. The molecule has 0 aliphatic carbocycles. The first-order valence-electron chi connectivity index (χ1n) is 10.6. The van der Waals surface area contributed by atoms with Crippen molar-refractivity contribution >= 4 is 5.69 Å². The molecule has 2 atom stereocenters. The highest BCUT2D eigenvalue weighted by Crippen LogP contribution is 2.45. The van der Waals surface area contributed by atoms with E-state index in [4.69, 9.17) is 0 Å². The molecule has 4 rings (SSSR count). The third-order valence-corrected chi connectivity index (χ3v) is 6.82. The molecule has 0 spiro atoms. The molecular weight excluding hydrogens is 351 g/mol. The summed E-state index contributed by atoms with van der Waals surface area (Å²) in [7, 11) is 0. The second-order valence-corrected chi connectivity index (χ2v) is 9.18. The summed E-state index contributed by atoms with van der Waals surface area (Å²) in [6.45, 7) is 15.2. The first kappa shape index (κ1) is 19.4. The Bertz CT molecular complexity index is 856. The minimum atomic E-state index is -0.145. The highest BCUT2D eigenvalue weighted by atomic mass is 19.1. The van der Waals surface area contributed by atoms with E-state index in [9.17, 15) is 4.39 Å². The number of nitrogens with zero attached hydrogens (tertiary/aromatic N) is 4. The molecule has 1 aromatic carbocycles. The van der Waals surface area contributed by atoms with Crippen LogP contribution in [0.3, 0.4) is 0 Å². The minimum absolute atomic E-state index is 0.0536. The van der Waals surface area contributed by atoms with Crippen molar-refractivity contribution in [2.45, 2.75) is 72.1 Å². The molecular formula is C23H33FN4. The Kier molecular flexibility index (Phi) is 4.98. The van der Waals surface area contributed by atoms with E-state index < -0.39 is 0 Å². The minimum Gasteiger partial charge on any atom is -0.363 e. The van der Waals surface area contributed by atoms with Crippen molar-refractivity contribution in [1.82, 2.24) is 14.7 Å². The predicted molar refractivity (Wildman–Crippen MR) is 112 cm³/mol. The zero-order valence-corrected chi connectivity index (χ0v) is 17.9. The fraction of sp³-hybridized carbons (Fsp3) is 0.609. The number of rotatable bonds is 4. The summed E-state index contributed by atoms with van der Waals surface area (Å²) in [5, 5.41) is 4.69. The molecule has 0 radical (unpaired) electrons. The van der Waals surface area contributed by atoms with Gasteiger partial charge >= 0.3 is 0 Å². The normalized spacial score (nSPS) is 24.6. The first-order valence-corrected chi connectivity index (χ1v) is 10.6. The number of aromatic nitrogens is 2. The van der Waals surface area contributed by atoms with Crippen LogP contribution in [0.5, 0.6) is 0 Å². The monoisotopic (exact) mass is 384 g/mol. The van der Waals surface area contributed by atoms with Gasteiger partial charge in [-0.2, -0.15) is 5.10 Å². The Labute approximate surface area is 168 Å². The van der Waals surface area contributed by atoms with E-state index in [2.05, 4.69) is 60.3 Å². The van der Waals surface area contributed by atoms with Crippen molar-refractivity contribution in [1.29, 1.82) is 0 Å². The summed E-state index contributed by atoms with van der Waals surface area (Å²) in [4.78, 5) is 5.09. The molecule has 28 heavy (non-hydrogen) atoms. The molecule has 0 amide bonds. The number of piperidine rings is 1. The zero-order valence-electron chi connectivity index (χ0n) is 17.9. The van der Waals surface area contributed by atoms with E-state index in [-0.39, 0.29) is 11.4 Å². The molecule has 2 saturated heterocycles. The third-order valence-electron chi connectivity index (χ3n) is 6.82. The van der Waals surface area contributed by atoms with E-state index in [1.165, 1.54) is 17.3 Å². The Morgan fingerprint density at radius 2 is 2.04 bits per heavy atom. The largest absolute Gasteiger partial charge is 0.363 e. The number of hydrogen-bond donors (Lipinski definition) is 0. The Morgan fingerprint density at radius 1 is 1.25 bits per heavy atom. The lowest BCUT2D eigenvalue weighted by Crippen LogP contribution is -2.48. The molecule has 1 aromatic heterocycles. The van der Waals surface area contributed by atoms with Crippen molar-refractivity contribution in [2.24, 2.45) is 5.92 Å². The molecule has 3 heterocycles. The van der Waals surface area contributed by atoms with Gasteiger partial charge in [-0.25, -0.2) is 4.39 Å². The average Bonchev–Trinajstić information content (AvgIpc) is 3.06. The van der Waals surface area contributed by atoms with Gasteiger partial charge in [0.1, 0.15) is 5.82 Å². The summed E-state index contributed by atoms with van der Waals surface area (Å²) in [6, 6.07) is 7.62. The Hall–Kier alpha value is -1.88. The molecule has 2 aromatic rings. The van der Waals surface area contributed by atoms with Crippen molar-refractivity contribution in [2.75, 3.05) is 18.0 Å². The van der Waals surface area contributed by atoms with Crippen molar-refractivity contribution in [3.63, 3.8) is 0 Å². The van der Waals surface area contributed by atoms with Crippen LogP contribution in [0.2, 0.25) is 0 Å². The van der Waals surface area contributed by atoms with Crippen molar-refractivity contribution < 1.29 is 4.39 Å². The quantitative estimate of drug-likeness (QED) is 0.774. The van der Waals surface area contributed by atoms with Crippen LogP contribution in [-0.4, -0.2) is 39.4 Å². The highest BCUT2D eigenvalue weighted by molar-refractivity contribution is 5.52. The lowest BCUT2D eigenvalue weighted by molar-refractivity contribution is 0.160. The second kappa shape index (κ2) is 7.18. The van der Waals surface area contributed by atoms with Crippen LogP contribution in [0.25, 0.3) is 0 Å². The van der Waals surface area contributed by atoms with Gasteiger partial charge < -0.3 is 4.90 Å². The lowest BCUT2D eigenvalue weighted by atomic mass is 9.89. The SMILES string of the molecule is CCn1nc(C)c(CN2CC[C@H]3[C@@H](C2)CC(C)(C)N3c2cccc(F)c2)c1C. The molecule has 0 unspecified atom stereocenters. The summed E-state index contributed by atoms with van der Waals surface area (Å²) < 4.78 is 16.0. The molecule has 2 fully saturated rings.